The van der Waals surface area contributed by atoms with E-state index in [4.69, 9.17) is 5.73 Å². The molecule has 14 heavy (non-hydrogen) atoms. The number of nitrogens with two attached hydrogens (primary N) is 1. The van der Waals surface area contributed by atoms with Crippen LogP contribution in [-0.2, 0) is 6.42 Å². The number of rotatable bonds is 5. The van der Waals surface area contributed by atoms with Crippen molar-refractivity contribution in [2.75, 3.05) is 13.1 Å². The maximum atomic E-state index is 6.30. The predicted molar refractivity (Wildman–Crippen MR) is 63.5 cm³/mol. The third-order valence-electron chi connectivity index (χ3n) is 2.63. The van der Waals surface area contributed by atoms with Crippen LogP contribution in [-0.4, -0.2) is 23.7 Å². The van der Waals surface area contributed by atoms with Crippen molar-refractivity contribution < 1.29 is 0 Å². The first-order valence-electron chi connectivity index (χ1n) is 5.15. The highest BCUT2D eigenvalue weighted by molar-refractivity contribution is 7.07. The van der Waals surface area contributed by atoms with E-state index >= 15 is 0 Å². The summed E-state index contributed by atoms with van der Waals surface area (Å²) in [6, 6.07) is 2.15. The monoisotopic (exact) mass is 212 g/mol. The van der Waals surface area contributed by atoms with Crippen LogP contribution in [0.2, 0.25) is 0 Å². The number of thiophene rings is 1. The van der Waals surface area contributed by atoms with Crippen molar-refractivity contribution in [3.8, 4) is 0 Å². The molecule has 1 rings (SSSR count). The summed E-state index contributed by atoms with van der Waals surface area (Å²) in [5.74, 6) is 0. The molecule has 0 aliphatic heterocycles. The van der Waals surface area contributed by atoms with Gasteiger partial charge in [-0.1, -0.05) is 13.8 Å². The van der Waals surface area contributed by atoms with Gasteiger partial charge < -0.3 is 5.73 Å². The van der Waals surface area contributed by atoms with E-state index in [1.807, 2.05) is 0 Å². The lowest BCUT2D eigenvalue weighted by molar-refractivity contribution is 0.123. The maximum Gasteiger partial charge on any atom is 0.0699 e. The van der Waals surface area contributed by atoms with Crippen LogP contribution in [0.15, 0.2) is 16.8 Å². The van der Waals surface area contributed by atoms with E-state index in [1.165, 1.54) is 5.56 Å². The van der Waals surface area contributed by atoms with Crippen molar-refractivity contribution in [1.29, 1.82) is 0 Å². The minimum absolute atomic E-state index is 0.218. The molecule has 0 aromatic carbocycles. The van der Waals surface area contributed by atoms with Crippen molar-refractivity contribution in [1.82, 2.24) is 4.90 Å². The van der Waals surface area contributed by atoms with Gasteiger partial charge in [-0.15, -0.1) is 0 Å². The van der Waals surface area contributed by atoms with Crippen LogP contribution in [0.5, 0.6) is 0 Å². The summed E-state index contributed by atoms with van der Waals surface area (Å²) in [5.41, 5.74) is 7.43. The molecule has 0 bridgehead atoms. The fourth-order valence-corrected chi connectivity index (χ4v) is 2.53. The molecule has 3 heteroatoms. The Labute approximate surface area is 90.7 Å². The molecular weight excluding hydrogens is 192 g/mol. The summed E-state index contributed by atoms with van der Waals surface area (Å²) >= 11 is 1.73. The zero-order valence-electron chi connectivity index (χ0n) is 9.29. The molecule has 1 aromatic rings. The van der Waals surface area contributed by atoms with E-state index in [9.17, 15) is 0 Å². The standard InChI is InChI=1S/C11H20N2S/c1-4-13(5-2)11(3,12)8-10-6-7-14-9-10/h6-7,9H,4-5,8,12H2,1-3H3. The van der Waals surface area contributed by atoms with E-state index in [-0.39, 0.29) is 5.66 Å². The second kappa shape index (κ2) is 4.91. The summed E-state index contributed by atoms with van der Waals surface area (Å²) in [6.07, 6.45) is 0.929. The maximum absolute atomic E-state index is 6.30. The van der Waals surface area contributed by atoms with Crippen LogP contribution in [0.4, 0.5) is 0 Å². The van der Waals surface area contributed by atoms with Crippen molar-refractivity contribution >= 4 is 11.3 Å². The van der Waals surface area contributed by atoms with Gasteiger partial charge in [-0.25, -0.2) is 0 Å². The SMILES string of the molecule is CCN(CC)C(C)(N)Cc1ccsc1. The van der Waals surface area contributed by atoms with Crippen LogP contribution < -0.4 is 5.73 Å². The Bertz CT molecular complexity index is 250. The summed E-state index contributed by atoms with van der Waals surface area (Å²) in [5, 5.41) is 4.28. The van der Waals surface area contributed by atoms with Crippen LogP contribution in [0.1, 0.15) is 26.3 Å². The van der Waals surface area contributed by atoms with E-state index in [1.54, 1.807) is 11.3 Å². The zero-order valence-corrected chi connectivity index (χ0v) is 10.1. The summed E-state index contributed by atoms with van der Waals surface area (Å²) in [7, 11) is 0. The van der Waals surface area contributed by atoms with Gasteiger partial charge in [0.1, 0.15) is 0 Å². The smallest absolute Gasteiger partial charge is 0.0699 e. The second-order valence-electron chi connectivity index (χ2n) is 3.84. The highest BCUT2D eigenvalue weighted by atomic mass is 32.1. The molecule has 0 spiro atoms. The van der Waals surface area contributed by atoms with E-state index in [0.717, 1.165) is 19.5 Å². The Hall–Kier alpha value is -0.380. The Kier molecular flexibility index (Phi) is 4.11. The van der Waals surface area contributed by atoms with Gasteiger partial charge in [0.05, 0.1) is 5.66 Å². The first kappa shape index (κ1) is 11.7. The molecule has 2 nitrogen and oxygen atoms in total. The van der Waals surface area contributed by atoms with Gasteiger partial charge in [-0.3, -0.25) is 4.90 Å². The molecule has 1 unspecified atom stereocenters. The highest BCUT2D eigenvalue weighted by Crippen LogP contribution is 2.17. The van der Waals surface area contributed by atoms with Crippen LogP contribution in [0.3, 0.4) is 0 Å². The lowest BCUT2D eigenvalue weighted by atomic mass is 10.0. The third kappa shape index (κ3) is 2.80. The molecule has 0 saturated heterocycles. The molecule has 1 aromatic heterocycles. The zero-order chi connectivity index (χ0) is 10.6. The van der Waals surface area contributed by atoms with Gasteiger partial charge in [-0.05, 0) is 42.4 Å². The number of hydrogen-bond donors (Lipinski definition) is 1. The normalized spacial score (nSPS) is 15.8. The van der Waals surface area contributed by atoms with Gasteiger partial charge >= 0.3 is 0 Å². The summed E-state index contributed by atoms with van der Waals surface area (Å²) < 4.78 is 0. The molecule has 1 heterocycles. The third-order valence-corrected chi connectivity index (χ3v) is 3.36. The molecule has 0 fully saturated rings. The van der Waals surface area contributed by atoms with Gasteiger partial charge in [0.25, 0.3) is 0 Å². The Morgan fingerprint density at radius 2 is 2.07 bits per heavy atom. The average Bonchev–Trinajstić information content (AvgIpc) is 2.57. The quantitative estimate of drug-likeness (QED) is 0.759. The lowest BCUT2D eigenvalue weighted by Crippen LogP contribution is -2.55. The first-order valence-corrected chi connectivity index (χ1v) is 6.09. The van der Waals surface area contributed by atoms with Crippen LogP contribution in [0, 0.1) is 0 Å². The Morgan fingerprint density at radius 1 is 1.43 bits per heavy atom. The van der Waals surface area contributed by atoms with Gasteiger partial charge in [0, 0.05) is 6.42 Å². The van der Waals surface area contributed by atoms with E-state index in [0.29, 0.717) is 0 Å². The van der Waals surface area contributed by atoms with Gasteiger partial charge in [0.15, 0.2) is 0 Å². The van der Waals surface area contributed by atoms with Crippen LogP contribution in [0.25, 0.3) is 0 Å². The topological polar surface area (TPSA) is 29.3 Å². The number of hydrogen-bond acceptors (Lipinski definition) is 3. The molecular formula is C11H20N2S. The molecule has 0 amide bonds. The molecule has 0 radical (unpaired) electrons. The molecule has 0 aliphatic rings. The van der Waals surface area contributed by atoms with Crippen LogP contribution >= 0.6 is 11.3 Å². The molecule has 0 saturated carbocycles. The Balaban J connectivity index is 2.65. The molecule has 1 atom stereocenters. The van der Waals surface area contributed by atoms with Crippen molar-refractivity contribution in [3.05, 3.63) is 22.4 Å². The lowest BCUT2D eigenvalue weighted by Gasteiger charge is -2.36. The summed E-state index contributed by atoms with van der Waals surface area (Å²) in [6.45, 7) is 8.43. The largest absolute Gasteiger partial charge is 0.313 e. The van der Waals surface area contributed by atoms with Gasteiger partial charge in [0.2, 0.25) is 0 Å². The number of nitrogens with zero attached hydrogens (tertiary/aromatic N) is 1. The van der Waals surface area contributed by atoms with Crippen molar-refractivity contribution in [2.24, 2.45) is 5.73 Å². The predicted octanol–water partition coefficient (Wildman–Crippen LogP) is 2.31. The Morgan fingerprint density at radius 3 is 2.50 bits per heavy atom. The molecule has 0 aliphatic carbocycles. The highest BCUT2D eigenvalue weighted by Gasteiger charge is 2.25. The fraction of sp³-hybridized carbons (Fsp3) is 0.636. The summed E-state index contributed by atoms with van der Waals surface area (Å²) in [4.78, 5) is 2.30. The van der Waals surface area contributed by atoms with E-state index < -0.39 is 0 Å². The molecule has 2 N–H and O–H groups in total. The minimum atomic E-state index is -0.218. The molecule has 80 valence electrons. The minimum Gasteiger partial charge on any atom is -0.313 e. The van der Waals surface area contributed by atoms with Gasteiger partial charge in [-0.2, -0.15) is 11.3 Å². The second-order valence-corrected chi connectivity index (χ2v) is 4.62. The van der Waals surface area contributed by atoms with E-state index in [2.05, 4.69) is 42.5 Å². The van der Waals surface area contributed by atoms with Crippen molar-refractivity contribution in [2.45, 2.75) is 32.9 Å². The van der Waals surface area contributed by atoms with Crippen molar-refractivity contribution in [3.63, 3.8) is 0 Å². The fourth-order valence-electron chi connectivity index (χ4n) is 1.86. The first-order chi connectivity index (χ1) is 6.60. The average molecular weight is 212 g/mol. The number of likely N-dealkylation sites (N-methyl/N-ethyl adjacent to an activating group) is 1.